The van der Waals surface area contributed by atoms with Gasteiger partial charge in [0, 0.05) is 0 Å². The van der Waals surface area contributed by atoms with Crippen molar-refractivity contribution in [1.82, 2.24) is 0 Å². The molecule has 2 aliphatic heterocycles. The summed E-state index contributed by atoms with van der Waals surface area (Å²) in [6, 6.07) is 0.621. The molecule has 3 N–H and O–H groups in total. The molecule has 15 heavy (non-hydrogen) atoms. The van der Waals surface area contributed by atoms with Crippen LogP contribution in [-0.4, -0.2) is 48.5 Å². The molecule has 2 rings (SSSR count). The molecule has 0 aromatic heterocycles. The van der Waals surface area contributed by atoms with E-state index in [0.29, 0.717) is 12.5 Å². The highest BCUT2D eigenvalue weighted by Crippen LogP contribution is 2.41. The van der Waals surface area contributed by atoms with E-state index in [1.807, 2.05) is 13.8 Å². The van der Waals surface area contributed by atoms with Gasteiger partial charge < -0.3 is 24.2 Å². The predicted molar refractivity (Wildman–Crippen MR) is 54.3 cm³/mol. The van der Waals surface area contributed by atoms with Crippen LogP contribution in [0, 0.1) is 0 Å². The average molecular weight is 234 g/mol. The zero-order valence-electron chi connectivity index (χ0n) is 8.96. The SMILES string of the molecule is CC(C)[Si]12CCC(O)C(O)C(O1)C(O)O2. The van der Waals surface area contributed by atoms with E-state index in [9.17, 15) is 15.3 Å². The lowest BCUT2D eigenvalue weighted by Crippen LogP contribution is -2.42. The fourth-order valence-corrected chi connectivity index (χ4v) is 5.61. The molecule has 5 nitrogen and oxygen atoms in total. The highest BCUT2D eigenvalue weighted by atomic mass is 28.4. The van der Waals surface area contributed by atoms with Gasteiger partial charge in [-0.3, -0.25) is 0 Å². The van der Waals surface area contributed by atoms with Crippen LogP contribution in [0.15, 0.2) is 0 Å². The molecule has 88 valence electrons. The molecule has 0 aliphatic carbocycles. The number of rotatable bonds is 1. The van der Waals surface area contributed by atoms with Gasteiger partial charge in [0.15, 0.2) is 6.29 Å². The van der Waals surface area contributed by atoms with Crippen LogP contribution in [0.5, 0.6) is 0 Å². The highest BCUT2D eigenvalue weighted by Gasteiger charge is 2.57. The van der Waals surface area contributed by atoms with Gasteiger partial charge in [-0.05, 0) is 18.0 Å². The van der Waals surface area contributed by atoms with Crippen molar-refractivity contribution >= 4 is 8.56 Å². The summed E-state index contributed by atoms with van der Waals surface area (Å²) in [5, 5.41) is 29.0. The Bertz CT molecular complexity index is 249. The van der Waals surface area contributed by atoms with Gasteiger partial charge in [0.05, 0.1) is 6.10 Å². The average Bonchev–Trinajstić information content (AvgIpc) is 2.46. The van der Waals surface area contributed by atoms with Crippen molar-refractivity contribution in [3.05, 3.63) is 0 Å². The van der Waals surface area contributed by atoms with Crippen molar-refractivity contribution < 1.29 is 24.2 Å². The predicted octanol–water partition coefficient (Wildman–Crippen LogP) is -0.302. The third kappa shape index (κ3) is 1.75. The number of aliphatic hydroxyl groups is 3. The molecule has 0 aromatic carbocycles. The van der Waals surface area contributed by atoms with Crippen LogP contribution >= 0.6 is 0 Å². The van der Waals surface area contributed by atoms with Gasteiger partial charge in [-0.15, -0.1) is 0 Å². The first kappa shape index (κ1) is 11.5. The zero-order chi connectivity index (χ0) is 11.2. The van der Waals surface area contributed by atoms with Gasteiger partial charge in [-0.1, -0.05) is 13.8 Å². The van der Waals surface area contributed by atoms with Crippen LogP contribution in [-0.2, 0) is 8.85 Å². The normalized spacial score (nSPS) is 50.8. The minimum atomic E-state index is -2.43. The Labute approximate surface area is 89.9 Å². The van der Waals surface area contributed by atoms with Crippen LogP contribution < -0.4 is 0 Å². The number of fused-ring (bicyclic) bond motifs is 2. The van der Waals surface area contributed by atoms with Crippen LogP contribution in [0.3, 0.4) is 0 Å². The van der Waals surface area contributed by atoms with Gasteiger partial charge in [0.25, 0.3) is 0 Å². The Morgan fingerprint density at radius 2 is 1.87 bits per heavy atom. The molecule has 0 amide bonds. The standard InChI is InChI=1S/C9H18O5Si/c1-5(2)15-4-3-6(10)7(11)8(13-15)9(12)14-15/h5-12H,3-4H2,1-2H3. The van der Waals surface area contributed by atoms with Gasteiger partial charge in [0.1, 0.15) is 12.2 Å². The summed E-state index contributed by atoms with van der Waals surface area (Å²) in [7, 11) is -2.43. The lowest BCUT2D eigenvalue weighted by atomic mass is 10.1. The van der Waals surface area contributed by atoms with E-state index in [2.05, 4.69) is 0 Å². The first-order valence-electron chi connectivity index (χ1n) is 5.36. The number of aliphatic hydroxyl groups excluding tert-OH is 3. The topological polar surface area (TPSA) is 79.2 Å². The lowest BCUT2D eigenvalue weighted by molar-refractivity contribution is -0.116. The van der Waals surface area contributed by atoms with E-state index in [-0.39, 0.29) is 5.54 Å². The van der Waals surface area contributed by atoms with Crippen molar-refractivity contribution in [3.63, 3.8) is 0 Å². The van der Waals surface area contributed by atoms with Crippen LogP contribution in [0.25, 0.3) is 0 Å². The van der Waals surface area contributed by atoms with Crippen LogP contribution in [0.4, 0.5) is 0 Å². The minimum absolute atomic E-state index is 0.203. The first-order valence-corrected chi connectivity index (χ1v) is 7.46. The van der Waals surface area contributed by atoms with Gasteiger partial charge in [-0.2, -0.15) is 0 Å². The smallest absolute Gasteiger partial charge is 0.343 e. The Morgan fingerprint density at radius 1 is 1.20 bits per heavy atom. The molecular formula is C9H18O5Si. The highest BCUT2D eigenvalue weighted by molar-refractivity contribution is 6.69. The Kier molecular flexibility index (Phi) is 2.91. The molecule has 0 radical (unpaired) electrons. The van der Waals surface area contributed by atoms with Crippen molar-refractivity contribution in [2.24, 2.45) is 0 Å². The third-order valence-corrected chi connectivity index (χ3v) is 7.39. The lowest BCUT2D eigenvalue weighted by Gasteiger charge is -2.27. The molecule has 2 saturated heterocycles. The summed E-state index contributed by atoms with van der Waals surface area (Å²) in [5.74, 6) is 0. The van der Waals surface area contributed by atoms with E-state index in [4.69, 9.17) is 8.85 Å². The molecule has 2 fully saturated rings. The summed E-state index contributed by atoms with van der Waals surface area (Å²) in [6.45, 7) is 3.98. The first-order chi connectivity index (χ1) is 6.96. The molecule has 0 saturated carbocycles. The maximum Gasteiger partial charge on any atom is 0.343 e. The molecule has 2 heterocycles. The zero-order valence-corrected chi connectivity index (χ0v) is 9.96. The number of hydrogen-bond donors (Lipinski definition) is 3. The second-order valence-electron chi connectivity index (χ2n) is 4.65. The van der Waals surface area contributed by atoms with E-state index < -0.39 is 33.2 Å². The fraction of sp³-hybridized carbons (Fsp3) is 1.00. The van der Waals surface area contributed by atoms with Crippen LogP contribution in [0.1, 0.15) is 20.3 Å². The molecule has 0 spiro atoms. The molecule has 6 heteroatoms. The molecular weight excluding hydrogens is 216 g/mol. The van der Waals surface area contributed by atoms with E-state index in [1.165, 1.54) is 0 Å². The number of hydrogen-bond acceptors (Lipinski definition) is 5. The van der Waals surface area contributed by atoms with E-state index >= 15 is 0 Å². The van der Waals surface area contributed by atoms with Crippen LogP contribution in [0.2, 0.25) is 11.6 Å². The second-order valence-corrected chi connectivity index (χ2v) is 8.40. The summed E-state index contributed by atoms with van der Waals surface area (Å²) < 4.78 is 11.3. The summed E-state index contributed by atoms with van der Waals surface area (Å²) >= 11 is 0. The third-order valence-electron chi connectivity index (χ3n) is 3.34. The van der Waals surface area contributed by atoms with Gasteiger partial charge >= 0.3 is 8.56 Å². The summed E-state index contributed by atoms with van der Waals surface area (Å²) in [4.78, 5) is 0. The van der Waals surface area contributed by atoms with Crippen molar-refractivity contribution in [2.75, 3.05) is 0 Å². The second kappa shape index (κ2) is 3.79. The van der Waals surface area contributed by atoms with Crippen molar-refractivity contribution in [1.29, 1.82) is 0 Å². The van der Waals surface area contributed by atoms with Crippen molar-refractivity contribution in [3.8, 4) is 0 Å². The maximum atomic E-state index is 9.72. The molecule has 5 atom stereocenters. The maximum absolute atomic E-state index is 9.72. The van der Waals surface area contributed by atoms with E-state index in [0.717, 1.165) is 0 Å². The Morgan fingerprint density at radius 3 is 2.47 bits per heavy atom. The quantitative estimate of drug-likeness (QED) is 0.543. The fourth-order valence-electron chi connectivity index (χ4n) is 2.24. The summed E-state index contributed by atoms with van der Waals surface area (Å²) in [5.41, 5.74) is 0.203. The van der Waals surface area contributed by atoms with Gasteiger partial charge in [-0.25, -0.2) is 0 Å². The molecule has 2 bridgehead atoms. The van der Waals surface area contributed by atoms with Gasteiger partial charge in [0.2, 0.25) is 0 Å². The largest absolute Gasteiger partial charge is 0.390 e. The summed E-state index contributed by atoms with van der Waals surface area (Å²) in [6.07, 6.45) is -3.26. The molecule has 2 aliphatic rings. The Hall–Kier alpha value is 0.0169. The molecule has 5 unspecified atom stereocenters. The Balaban J connectivity index is 2.25. The van der Waals surface area contributed by atoms with E-state index in [1.54, 1.807) is 0 Å². The minimum Gasteiger partial charge on any atom is -0.390 e. The van der Waals surface area contributed by atoms with Crippen molar-refractivity contribution in [2.45, 2.75) is 56.5 Å². The molecule has 0 aromatic rings. The monoisotopic (exact) mass is 234 g/mol.